The fourth-order valence-electron chi connectivity index (χ4n) is 2.60. The molecule has 1 heterocycles. The molecule has 0 radical (unpaired) electrons. The maximum atomic E-state index is 6.16. The van der Waals surface area contributed by atoms with Crippen molar-refractivity contribution in [1.29, 1.82) is 0 Å². The highest BCUT2D eigenvalue weighted by molar-refractivity contribution is 6.31. The first-order chi connectivity index (χ1) is 11.7. The average molecular weight is 345 g/mol. The number of hydrogen-bond donors (Lipinski definition) is 1. The standard InChI is InChI=1S/C19H22ClN3O/c1-22-9-11-23(12-10-22)21-14-16-5-4-7-18(13-16)24-15-17-6-2-3-8-19(17)20/h2-8,13-14H,9-12,15H2,1H3/p+1/b21-14-. The molecule has 1 saturated heterocycles. The molecule has 0 saturated carbocycles. The number of hydrazone groups is 1. The largest absolute Gasteiger partial charge is 0.489 e. The highest BCUT2D eigenvalue weighted by atomic mass is 35.5. The Morgan fingerprint density at radius 1 is 1.17 bits per heavy atom. The second-order valence-corrected chi connectivity index (χ2v) is 6.52. The molecule has 2 aromatic rings. The second-order valence-electron chi connectivity index (χ2n) is 6.11. The molecule has 4 nitrogen and oxygen atoms in total. The van der Waals surface area contributed by atoms with Crippen molar-refractivity contribution in [2.75, 3.05) is 33.2 Å². The van der Waals surface area contributed by atoms with E-state index in [0.29, 0.717) is 6.61 Å². The second kappa shape index (κ2) is 8.18. The Hall–Kier alpha value is -2.04. The van der Waals surface area contributed by atoms with Crippen LogP contribution in [0.25, 0.3) is 0 Å². The predicted molar refractivity (Wildman–Crippen MR) is 98.0 cm³/mol. The van der Waals surface area contributed by atoms with Gasteiger partial charge in [-0.2, -0.15) is 5.10 Å². The monoisotopic (exact) mass is 344 g/mol. The molecule has 1 fully saturated rings. The molecule has 126 valence electrons. The Bertz CT molecular complexity index is 697. The van der Waals surface area contributed by atoms with Gasteiger partial charge in [-0.05, 0) is 23.8 Å². The maximum Gasteiger partial charge on any atom is 0.120 e. The minimum absolute atomic E-state index is 0.460. The number of halogens is 1. The van der Waals surface area contributed by atoms with Gasteiger partial charge in [0.05, 0.1) is 39.4 Å². The zero-order valence-electron chi connectivity index (χ0n) is 13.9. The Kier molecular flexibility index (Phi) is 5.72. The first-order valence-electron chi connectivity index (χ1n) is 8.27. The minimum atomic E-state index is 0.460. The van der Waals surface area contributed by atoms with Crippen LogP contribution < -0.4 is 9.64 Å². The highest BCUT2D eigenvalue weighted by Crippen LogP contribution is 2.19. The van der Waals surface area contributed by atoms with E-state index in [2.05, 4.69) is 17.2 Å². The zero-order valence-corrected chi connectivity index (χ0v) is 14.7. The van der Waals surface area contributed by atoms with Gasteiger partial charge >= 0.3 is 0 Å². The van der Waals surface area contributed by atoms with Crippen molar-refractivity contribution in [3.63, 3.8) is 0 Å². The van der Waals surface area contributed by atoms with Gasteiger partial charge in [-0.25, -0.2) is 0 Å². The number of nitrogens with zero attached hydrogens (tertiary/aromatic N) is 2. The molecule has 24 heavy (non-hydrogen) atoms. The number of rotatable bonds is 5. The molecule has 0 aromatic heterocycles. The van der Waals surface area contributed by atoms with Crippen LogP contribution in [0.1, 0.15) is 11.1 Å². The summed E-state index contributed by atoms with van der Waals surface area (Å²) in [7, 11) is 2.22. The van der Waals surface area contributed by atoms with E-state index < -0.39 is 0 Å². The highest BCUT2D eigenvalue weighted by Gasteiger charge is 2.13. The zero-order chi connectivity index (χ0) is 16.8. The third kappa shape index (κ3) is 4.73. The molecular formula is C19H23ClN3O+. The number of ether oxygens (including phenoxy) is 1. The summed E-state index contributed by atoms with van der Waals surface area (Å²) in [5.41, 5.74) is 2.02. The quantitative estimate of drug-likeness (QED) is 0.842. The lowest BCUT2D eigenvalue weighted by atomic mass is 10.2. The van der Waals surface area contributed by atoms with Gasteiger partial charge in [-0.1, -0.05) is 41.9 Å². The Balaban J connectivity index is 1.59. The van der Waals surface area contributed by atoms with E-state index in [4.69, 9.17) is 16.3 Å². The van der Waals surface area contributed by atoms with Crippen LogP contribution in [0.3, 0.4) is 0 Å². The molecular weight excluding hydrogens is 322 g/mol. The molecule has 0 unspecified atom stereocenters. The van der Waals surface area contributed by atoms with Crippen molar-refractivity contribution >= 4 is 17.8 Å². The van der Waals surface area contributed by atoms with Crippen molar-refractivity contribution in [2.45, 2.75) is 6.61 Å². The summed E-state index contributed by atoms with van der Waals surface area (Å²) in [5, 5.41) is 7.44. The number of likely N-dealkylation sites (N-methyl/N-ethyl adjacent to an activating group) is 1. The van der Waals surface area contributed by atoms with Crippen molar-refractivity contribution < 1.29 is 9.64 Å². The fraction of sp³-hybridized carbons (Fsp3) is 0.316. The van der Waals surface area contributed by atoms with Crippen molar-refractivity contribution in [2.24, 2.45) is 5.10 Å². The van der Waals surface area contributed by atoms with Crippen molar-refractivity contribution in [3.05, 3.63) is 64.7 Å². The third-order valence-electron chi connectivity index (χ3n) is 4.17. The van der Waals surface area contributed by atoms with E-state index >= 15 is 0 Å². The fourth-order valence-corrected chi connectivity index (χ4v) is 2.79. The van der Waals surface area contributed by atoms with Gasteiger partial charge in [-0.15, -0.1) is 0 Å². The maximum absolute atomic E-state index is 6.16. The van der Waals surface area contributed by atoms with Gasteiger partial charge in [0.1, 0.15) is 12.4 Å². The van der Waals surface area contributed by atoms with Gasteiger partial charge in [0.25, 0.3) is 0 Å². The average Bonchev–Trinajstić information content (AvgIpc) is 2.61. The summed E-state index contributed by atoms with van der Waals surface area (Å²) >= 11 is 6.16. The van der Waals surface area contributed by atoms with E-state index in [-0.39, 0.29) is 0 Å². The summed E-state index contributed by atoms with van der Waals surface area (Å²) < 4.78 is 5.86. The summed E-state index contributed by atoms with van der Waals surface area (Å²) in [6, 6.07) is 15.7. The summed E-state index contributed by atoms with van der Waals surface area (Å²) in [4.78, 5) is 1.57. The lowest BCUT2D eigenvalue weighted by Crippen LogP contribution is -3.11. The van der Waals surface area contributed by atoms with Crippen LogP contribution in [0.4, 0.5) is 0 Å². The van der Waals surface area contributed by atoms with Crippen LogP contribution in [-0.2, 0) is 6.61 Å². The molecule has 5 heteroatoms. The molecule has 0 atom stereocenters. The molecule has 1 aliphatic rings. The van der Waals surface area contributed by atoms with Crippen LogP contribution in [0.2, 0.25) is 5.02 Å². The van der Waals surface area contributed by atoms with Gasteiger partial charge in [0, 0.05) is 10.6 Å². The summed E-state index contributed by atoms with van der Waals surface area (Å²) in [6.07, 6.45) is 1.91. The summed E-state index contributed by atoms with van der Waals surface area (Å²) in [5.74, 6) is 0.821. The Morgan fingerprint density at radius 3 is 2.75 bits per heavy atom. The number of hydrogen-bond acceptors (Lipinski definition) is 3. The number of benzene rings is 2. The molecule has 2 aromatic carbocycles. The lowest BCUT2D eigenvalue weighted by molar-refractivity contribution is -0.884. The van der Waals surface area contributed by atoms with E-state index in [9.17, 15) is 0 Å². The molecule has 0 amide bonds. The molecule has 1 N–H and O–H groups in total. The smallest absolute Gasteiger partial charge is 0.120 e. The van der Waals surface area contributed by atoms with Crippen LogP contribution >= 0.6 is 11.6 Å². The molecule has 0 spiro atoms. The number of quaternary nitrogens is 1. The third-order valence-corrected chi connectivity index (χ3v) is 4.54. The van der Waals surface area contributed by atoms with Gasteiger partial charge in [0.15, 0.2) is 0 Å². The molecule has 0 bridgehead atoms. The lowest BCUT2D eigenvalue weighted by Gasteiger charge is -2.27. The van der Waals surface area contributed by atoms with Gasteiger partial charge in [0.2, 0.25) is 0 Å². The topological polar surface area (TPSA) is 29.3 Å². The number of nitrogens with one attached hydrogen (secondary N) is 1. The van der Waals surface area contributed by atoms with E-state index in [1.54, 1.807) is 4.90 Å². The van der Waals surface area contributed by atoms with Gasteiger partial charge in [-0.3, -0.25) is 5.01 Å². The van der Waals surface area contributed by atoms with E-state index in [0.717, 1.165) is 48.1 Å². The molecule has 1 aliphatic heterocycles. The molecule has 0 aliphatic carbocycles. The van der Waals surface area contributed by atoms with Crippen LogP contribution in [0.5, 0.6) is 5.75 Å². The number of piperazine rings is 1. The van der Waals surface area contributed by atoms with Gasteiger partial charge < -0.3 is 9.64 Å². The van der Waals surface area contributed by atoms with Crippen molar-refractivity contribution in [1.82, 2.24) is 5.01 Å². The predicted octanol–water partition coefficient (Wildman–Crippen LogP) is 2.08. The SMILES string of the molecule is C[NH+]1CCN(/N=C\c2cccc(OCc3ccccc3Cl)c2)CC1. The first-order valence-corrected chi connectivity index (χ1v) is 8.65. The summed E-state index contributed by atoms with van der Waals surface area (Å²) in [6.45, 7) is 4.74. The van der Waals surface area contributed by atoms with Crippen LogP contribution in [0, 0.1) is 0 Å². The van der Waals surface area contributed by atoms with Crippen LogP contribution in [0.15, 0.2) is 53.6 Å². The Labute approximate surface area is 148 Å². The minimum Gasteiger partial charge on any atom is -0.489 e. The van der Waals surface area contributed by atoms with E-state index in [1.165, 1.54) is 0 Å². The molecule has 3 rings (SSSR count). The Morgan fingerprint density at radius 2 is 1.96 bits per heavy atom. The first kappa shape index (κ1) is 16.8. The van der Waals surface area contributed by atoms with Crippen LogP contribution in [-0.4, -0.2) is 44.5 Å². The van der Waals surface area contributed by atoms with Crippen molar-refractivity contribution in [3.8, 4) is 5.75 Å². The normalized spacial score (nSPS) is 15.8. The van der Waals surface area contributed by atoms with E-state index in [1.807, 2.05) is 54.7 Å².